The van der Waals surface area contributed by atoms with Crippen LogP contribution < -0.4 is 11.1 Å². The van der Waals surface area contributed by atoms with Gasteiger partial charge in [-0.3, -0.25) is 4.68 Å². The molecule has 0 saturated carbocycles. The van der Waals surface area contributed by atoms with Crippen molar-refractivity contribution in [3.8, 4) is 0 Å². The number of nitrogens with zero attached hydrogens (tertiary/aromatic N) is 2. The summed E-state index contributed by atoms with van der Waals surface area (Å²) in [5.41, 5.74) is 7.40. The van der Waals surface area contributed by atoms with Crippen LogP contribution in [0.25, 0.3) is 0 Å². The average molecular weight is 260 g/mol. The highest BCUT2D eigenvalue weighted by Crippen LogP contribution is 2.22. The molecule has 0 bridgehead atoms. The number of benzene rings is 1. The minimum atomic E-state index is -1.04. The van der Waals surface area contributed by atoms with Crippen molar-refractivity contribution in [1.29, 1.82) is 0 Å². The average Bonchev–Trinajstić information content (AvgIpc) is 2.80. The standard InChI is InChI=1S/C13H16N4O2/c1-8(2)17-7-10(6-15-17)16-9-3-4-12(14)11(5-9)13(18)19/h3-8,16H,14H2,1-2H3,(H,18,19). The van der Waals surface area contributed by atoms with Crippen LogP contribution in [0.15, 0.2) is 30.6 Å². The second-order valence-electron chi connectivity index (χ2n) is 4.53. The van der Waals surface area contributed by atoms with E-state index in [9.17, 15) is 4.79 Å². The molecule has 19 heavy (non-hydrogen) atoms. The number of hydrogen-bond acceptors (Lipinski definition) is 4. The Bertz CT molecular complexity index is 604. The molecule has 0 aliphatic rings. The van der Waals surface area contributed by atoms with Crippen molar-refractivity contribution in [3.05, 3.63) is 36.2 Å². The van der Waals surface area contributed by atoms with E-state index in [2.05, 4.69) is 10.4 Å². The predicted octanol–water partition coefficient (Wildman–Crippen LogP) is 2.49. The normalized spacial score (nSPS) is 10.7. The molecule has 4 N–H and O–H groups in total. The van der Waals surface area contributed by atoms with E-state index in [1.807, 2.05) is 24.7 Å². The largest absolute Gasteiger partial charge is 0.478 e. The molecule has 1 aromatic heterocycles. The van der Waals surface area contributed by atoms with Crippen molar-refractivity contribution in [1.82, 2.24) is 9.78 Å². The molecule has 2 aromatic rings. The molecule has 0 spiro atoms. The Kier molecular flexibility index (Phi) is 3.41. The van der Waals surface area contributed by atoms with Gasteiger partial charge in [0.1, 0.15) is 0 Å². The fraction of sp³-hybridized carbons (Fsp3) is 0.231. The molecule has 0 fully saturated rings. The molecule has 0 radical (unpaired) electrons. The monoisotopic (exact) mass is 260 g/mol. The van der Waals surface area contributed by atoms with Gasteiger partial charge in [0.2, 0.25) is 0 Å². The molecule has 6 nitrogen and oxygen atoms in total. The first-order chi connectivity index (χ1) is 8.97. The molecule has 1 aromatic carbocycles. The zero-order valence-corrected chi connectivity index (χ0v) is 10.8. The van der Waals surface area contributed by atoms with Gasteiger partial charge in [-0.05, 0) is 32.0 Å². The van der Waals surface area contributed by atoms with Gasteiger partial charge in [0.05, 0.1) is 17.4 Å². The Morgan fingerprint density at radius 1 is 1.42 bits per heavy atom. The Hall–Kier alpha value is -2.50. The number of carbonyl (C=O) groups is 1. The number of aromatic nitrogens is 2. The number of carboxylic acid groups (broad SMARTS) is 1. The molecule has 100 valence electrons. The van der Waals surface area contributed by atoms with E-state index >= 15 is 0 Å². The third-order valence-electron chi connectivity index (χ3n) is 2.70. The number of anilines is 3. The van der Waals surface area contributed by atoms with Crippen LogP contribution in [-0.2, 0) is 0 Å². The maximum absolute atomic E-state index is 11.0. The van der Waals surface area contributed by atoms with Crippen LogP contribution >= 0.6 is 0 Å². The number of nitrogen functional groups attached to an aromatic ring is 1. The van der Waals surface area contributed by atoms with Crippen molar-refractivity contribution in [2.45, 2.75) is 19.9 Å². The van der Waals surface area contributed by atoms with Crippen LogP contribution in [0.2, 0.25) is 0 Å². The second kappa shape index (κ2) is 5.01. The second-order valence-corrected chi connectivity index (χ2v) is 4.53. The van der Waals surface area contributed by atoms with E-state index in [-0.39, 0.29) is 17.3 Å². The molecular formula is C13H16N4O2. The summed E-state index contributed by atoms with van der Waals surface area (Å²) >= 11 is 0. The first-order valence-electron chi connectivity index (χ1n) is 5.91. The molecule has 0 atom stereocenters. The van der Waals surface area contributed by atoms with Crippen LogP contribution in [0.4, 0.5) is 17.1 Å². The lowest BCUT2D eigenvalue weighted by molar-refractivity contribution is 0.0698. The number of carboxylic acids is 1. The lowest BCUT2D eigenvalue weighted by Crippen LogP contribution is -2.03. The minimum absolute atomic E-state index is 0.0845. The molecule has 2 rings (SSSR count). The topological polar surface area (TPSA) is 93.2 Å². The van der Waals surface area contributed by atoms with Crippen molar-refractivity contribution in [2.24, 2.45) is 0 Å². The van der Waals surface area contributed by atoms with Gasteiger partial charge in [-0.15, -0.1) is 0 Å². The molecule has 0 aliphatic carbocycles. The lowest BCUT2D eigenvalue weighted by Gasteiger charge is -2.07. The van der Waals surface area contributed by atoms with E-state index in [0.717, 1.165) is 5.69 Å². The van der Waals surface area contributed by atoms with E-state index in [1.165, 1.54) is 6.07 Å². The molecular weight excluding hydrogens is 244 g/mol. The number of nitrogens with one attached hydrogen (secondary N) is 1. The Balaban J connectivity index is 2.23. The van der Waals surface area contributed by atoms with Crippen LogP contribution in [0.5, 0.6) is 0 Å². The fourth-order valence-corrected chi connectivity index (χ4v) is 1.67. The van der Waals surface area contributed by atoms with E-state index in [0.29, 0.717) is 5.69 Å². The van der Waals surface area contributed by atoms with Gasteiger partial charge in [-0.2, -0.15) is 5.10 Å². The van der Waals surface area contributed by atoms with E-state index < -0.39 is 5.97 Å². The van der Waals surface area contributed by atoms with Gasteiger partial charge >= 0.3 is 5.97 Å². The fourth-order valence-electron chi connectivity index (χ4n) is 1.67. The molecule has 0 unspecified atom stereocenters. The SMILES string of the molecule is CC(C)n1cc(Nc2ccc(N)c(C(=O)O)c2)cn1. The quantitative estimate of drug-likeness (QED) is 0.734. The van der Waals surface area contributed by atoms with Gasteiger partial charge < -0.3 is 16.2 Å². The smallest absolute Gasteiger partial charge is 0.337 e. The van der Waals surface area contributed by atoms with Crippen LogP contribution in [-0.4, -0.2) is 20.9 Å². The predicted molar refractivity (Wildman–Crippen MR) is 73.7 cm³/mol. The Morgan fingerprint density at radius 3 is 2.74 bits per heavy atom. The Morgan fingerprint density at radius 2 is 2.16 bits per heavy atom. The van der Waals surface area contributed by atoms with E-state index in [4.69, 9.17) is 10.8 Å². The first kappa shape index (κ1) is 12.9. The highest BCUT2D eigenvalue weighted by atomic mass is 16.4. The van der Waals surface area contributed by atoms with Crippen LogP contribution in [0, 0.1) is 0 Å². The zero-order chi connectivity index (χ0) is 14.0. The zero-order valence-electron chi connectivity index (χ0n) is 10.8. The van der Waals surface area contributed by atoms with Gasteiger partial charge in [0.15, 0.2) is 0 Å². The summed E-state index contributed by atoms with van der Waals surface area (Å²) in [6.45, 7) is 4.06. The van der Waals surface area contributed by atoms with Gasteiger partial charge in [-0.25, -0.2) is 4.79 Å². The summed E-state index contributed by atoms with van der Waals surface area (Å²) in [6.07, 6.45) is 3.55. The van der Waals surface area contributed by atoms with Crippen molar-refractivity contribution < 1.29 is 9.90 Å². The minimum Gasteiger partial charge on any atom is -0.478 e. The summed E-state index contributed by atoms with van der Waals surface area (Å²) in [7, 11) is 0. The number of aromatic carboxylic acids is 1. The number of rotatable bonds is 4. The summed E-state index contributed by atoms with van der Waals surface area (Å²) in [4.78, 5) is 11.0. The van der Waals surface area contributed by atoms with Crippen LogP contribution in [0.3, 0.4) is 0 Å². The van der Waals surface area contributed by atoms with Crippen molar-refractivity contribution in [2.75, 3.05) is 11.1 Å². The van der Waals surface area contributed by atoms with Crippen LogP contribution in [0.1, 0.15) is 30.2 Å². The highest BCUT2D eigenvalue weighted by Gasteiger charge is 2.09. The molecule has 0 saturated heterocycles. The highest BCUT2D eigenvalue weighted by molar-refractivity contribution is 5.95. The summed E-state index contributed by atoms with van der Waals surface area (Å²) < 4.78 is 1.82. The molecule has 0 aliphatic heterocycles. The lowest BCUT2D eigenvalue weighted by atomic mass is 10.1. The van der Waals surface area contributed by atoms with Gasteiger partial charge in [0.25, 0.3) is 0 Å². The maximum atomic E-state index is 11.0. The summed E-state index contributed by atoms with van der Waals surface area (Å²) in [5, 5.41) is 16.3. The third kappa shape index (κ3) is 2.85. The molecule has 6 heteroatoms. The summed E-state index contributed by atoms with van der Waals surface area (Å²) in [6, 6.07) is 5.08. The summed E-state index contributed by atoms with van der Waals surface area (Å²) in [5.74, 6) is -1.04. The van der Waals surface area contributed by atoms with Gasteiger partial charge in [-0.1, -0.05) is 0 Å². The maximum Gasteiger partial charge on any atom is 0.337 e. The van der Waals surface area contributed by atoms with E-state index in [1.54, 1.807) is 18.3 Å². The Labute approximate surface area is 110 Å². The first-order valence-corrected chi connectivity index (χ1v) is 5.91. The molecule has 0 amide bonds. The van der Waals surface area contributed by atoms with Crippen molar-refractivity contribution >= 4 is 23.0 Å². The molecule has 1 heterocycles. The number of nitrogens with two attached hydrogens (primary N) is 1. The third-order valence-corrected chi connectivity index (χ3v) is 2.70. The number of hydrogen-bond donors (Lipinski definition) is 3. The van der Waals surface area contributed by atoms with Crippen molar-refractivity contribution in [3.63, 3.8) is 0 Å². The van der Waals surface area contributed by atoms with Gasteiger partial charge in [0, 0.05) is 23.6 Å².